The monoisotopic (exact) mass is 347 g/mol. The molecule has 5 heteroatoms. The number of anilines is 1. The third-order valence-corrected chi connectivity index (χ3v) is 3.91. The van der Waals surface area contributed by atoms with E-state index in [4.69, 9.17) is 5.73 Å². The van der Waals surface area contributed by atoms with Gasteiger partial charge in [0, 0.05) is 28.3 Å². The first-order chi connectivity index (χ1) is 10.1. The van der Waals surface area contributed by atoms with Crippen molar-refractivity contribution in [2.45, 2.75) is 19.9 Å². The van der Waals surface area contributed by atoms with Crippen LogP contribution in [0.2, 0.25) is 0 Å². The summed E-state index contributed by atoms with van der Waals surface area (Å²) in [7, 11) is 0. The van der Waals surface area contributed by atoms with Crippen LogP contribution in [-0.2, 0) is 6.54 Å². The fourth-order valence-corrected chi connectivity index (χ4v) is 2.87. The van der Waals surface area contributed by atoms with Crippen LogP contribution in [0.1, 0.15) is 13.3 Å². The Bertz CT molecular complexity index is 811. The van der Waals surface area contributed by atoms with E-state index in [1.54, 1.807) is 6.07 Å². The summed E-state index contributed by atoms with van der Waals surface area (Å²) in [5.74, 6) is 0.501. The molecule has 3 nitrogen and oxygen atoms in total. The molecule has 3 aromatic rings. The average molecular weight is 348 g/mol. The molecule has 0 unspecified atom stereocenters. The van der Waals surface area contributed by atoms with Crippen LogP contribution >= 0.6 is 15.9 Å². The highest BCUT2D eigenvalue weighted by atomic mass is 79.9. The Kier molecular flexibility index (Phi) is 3.68. The number of fused-ring (bicyclic) bond motifs is 1. The first kappa shape index (κ1) is 14.1. The number of rotatable bonds is 3. The van der Waals surface area contributed by atoms with Gasteiger partial charge in [0.2, 0.25) is 0 Å². The second kappa shape index (κ2) is 5.48. The van der Waals surface area contributed by atoms with Crippen LogP contribution in [-0.4, -0.2) is 9.55 Å². The highest BCUT2D eigenvalue weighted by Gasteiger charge is 2.14. The Balaban J connectivity index is 2.27. The largest absolute Gasteiger partial charge is 0.398 e. The third-order valence-electron chi connectivity index (χ3n) is 3.41. The minimum atomic E-state index is -0.279. The fraction of sp³-hybridized carbons (Fsp3) is 0.188. The summed E-state index contributed by atoms with van der Waals surface area (Å²) in [6, 6.07) is 10.4. The molecule has 0 aliphatic carbocycles. The zero-order valence-electron chi connectivity index (χ0n) is 11.6. The summed E-state index contributed by atoms with van der Waals surface area (Å²) < 4.78 is 16.4. The molecule has 0 saturated heterocycles. The van der Waals surface area contributed by atoms with E-state index < -0.39 is 0 Å². The molecule has 1 heterocycles. The molecule has 0 aliphatic rings. The van der Waals surface area contributed by atoms with E-state index in [9.17, 15) is 4.39 Å². The lowest BCUT2D eigenvalue weighted by Gasteiger charge is -2.10. The van der Waals surface area contributed by atoms with Crippen LogP contribution in [0.4, 0.5) is 10.1 Å². The van der Waals surface area contributed by atoms with Crippen molar-refractivity contribution in [3.05, 3.63) is 46.7 Å². The van der Waals surface area contributed by atoms with Gasteiger partial charge in [-0.3, -0.25) is 0 Å². The van der Waals surface area contributed by atoms with Gasteiger partial charge in [-0.25, -0.2) is 9.37 Å². The van der Waals surface area contributed by atoms with Crippen molar-refractivity contribution >= 4 is 32.7 Å². The molecule has 2 aromatic carbocycles. The minimum Gasteiger partial charge on any atom is -0.398 e. The molecule has 108 valence electrons. The van der Waals surface area contributed by atoms with Crippen molar-refractivity contribution in [3.8, 4) is 11.4 Å². The Morgan fingerprint density at radius 3 is 2.76 bits per heavy atom. The van der Waals surface area contributed by atoms with Gasteiger partial charge in [0.25, 0.3) is 0 Å². The van der Waals surface area contributed by atoms with Crippen LogP contribution in [0.5, 0.6) is 0 Å². The molecule has 0 amide bonds. The van der Waals surface area contributed by atoms with Crippen molar-refractivity contribution in [2.75, 3.05) is 5.73 Å². The standard InChI is InChI=1S/C16H15BrFN3/c1-2-7-21-15-6-4-11(18)9-14(15)20-16(21)12-5-3-10(17)8-13(12)19/h3-6,8-9H,2,7,19H2,1H3. The normalized spacial score (nSPS) is 11.2. The number of imidazole rings is 1. The third kappa shape index (κ3) is 2.53. The predicted octanol–water partition coefficient (Wildman–Crippen LogP) is 4.60. The van der Waals surface area contributed by atoms with Crippen molar-refractivity contribution in [1.29, 1.82) is 0 Å². The molecule has 0 fully saturated rings. The number of aryl methyl sites for hydroxylation is 1. The number of hydrogen-bond acceptors (Lipinski definition) is 2. The predicted molar refractivity (Wildman–Crippen MR) is 87.5 cm³/mol. The highest BCUT2D eigenvalue weighted by Crippen LogP contribution is 2.31. The van der Waals surface area contributed by atoms with Gasteiger partial charge < -0.3 is 10.3 Å². The number of benzene rings is 2. The summed E-state index contributed by atoms with van der Waals surface area (Å²) in [6.07, 6.45) is 0.965. The molecule has 1 aromatic heterocycles. The van der Waals surface area contributed by atoms with Gasteiger partial charge in [-0.15, -0.1) is 0 Å². The summed E-state index contributed by atoms with van der Waals surface area (Å²) >= 11 is 3.41. The number of hydrogen-bond donors (Lipinski definition) is 1. The smallest absolute Gasteiger partial charge is 0.143 e. The second-order valence-corrected chi connectivity index (χ2v) is 5.87. The number of nitrogens with two attached hydrogens (primary N) is 1. The van der Waals surface area contributed by atoms with E-state index >= 15 is 0 Å². The molecule has 0 radical (unpaired) electrons. The average Bonchev–Trinajstić information content (AvgIpc) is 2.77. The van der Waals surface area contributed by atoms with Crippen LogP contribution in [0.3, 0.4) is 0 Å². The number of halogens is 2. The van der Waals surface area contributed by atoms with Crippen molar-refractivity contribution in [1.82, 2.24) is 9.55 Å². The Morgan fingerprint density at radius 2 is 2.05 bits per heavy atom. The van der Waals surface area contributed by atoms with E-state index in [1.807, 2.05) is 18.2 Å². The van der Waals surface area contributed by atoms with Crippen molar-refractivity contribution in [2.24, 2.45) is 0 Å². The van der Waals surface area contributed by atoms with E-state index in [-0.39, 0.29) is 5.82 Å². The summed E-state index contributed by atoms with van der Waals surface area (Å²) in [6.45, 7) is 2.91. The Labute approximate surface area is 130 Å². The summed E-state index contributed by atoms with van der Waals surface area (Å²) in [5, 5.41) is 0. The Hall–Kier alpha value is -1.88. The lowest BCUT2D eigenvalue weighted by atomic mass is 10.1. The molecular weight excluding hydrogens is 333 g/mol. The molecule has 21 heavy (non-hydrogen) atoms. The highest BCUT2D eigenvalue weighted by molar-refractivity contribution is 9.10. The molecule has 3 rings (SSSR count). The van der Waals surface area contributed by atoms with Gasteiger partial charge >= 0.3 is 0 Å². The van der Waals surface area contributed by atoms with Crippen LogP contribution < -0.4 is 5.73 Å². The lowest BCUT2D eigenvalue weighted by molar-refractivity contribution is 0.629. The SMILES string of the molecule is CCCn1c(-c2ccc(Br)cc2N)nc2cc(F)ccc21. The molecule has 0 aliphatic heterocycles. The van der Waals surface area contributed by atoms with Gasteiger partial charge in [-0.2, -0.15) is 0 Å². The van der Waals surface area contributed by atoms with Crippen molar-refractivity contribution in [3.63, 3.8) is 0 Å². The van der Waals surface area contributed by atoms with E-state index in [0.717, 1.165) is 34.3 Å². The van der Waals surface area contributed by atoms with Gasteiger partial charge in [-0.05, 0) is 36.8 Å². The second-order valence-electron chi connectivity index (χ2n) is 4.95. The van der Waals surface area contributed by atoms with Crippen molar-refractivity contribution < 1.29 is 4.39 Å². The molecule has 0 spiro atoms. The lowest BCUT2D eigenvalue weighted by Crippen LogP contribution is -2.01. The number of nitrogens with zero attached hydrogens (tertiary/aromatic N) is 2. The molecule has 0 bridgehead atoms. The minimum absolute atomic E-state index is 0.279. The first-order valence-corrected chi connectivity index (χ1v) is 7.60. The quantitative estimate of drug-likeness (QED) is 0.703. The fourth-order valence-electron chi connectivity index (χ4n) is 2.50. The molecule has 0 saturated carbocycles. The zero-order valence-corrected chi connectivity index (χ0v) is 13.2. The topological polar surface area (TPSA) is 43.8 Å². The van der Waals surface area contributed by atoms with Gasteiger partial charge in [0.15, 0.2) is 0 Å². The summed E-state index contributed by atoms with van der Waals surface area (Å²) in [5.41, 5.74) is 9.21. The van der Waals surface area contributed by atoms with Crippen LogP contribution in [0.25, 0.3) is 22.4 Å². The molecule has 0 atom stereocenters. The first-order valence-electron chi connectivity index (χ1n) is 6.81. The maximum Gasteiger partial charge on any atom is 0.143 e. The maximum absolute atomic E-state index is 13.4. The Morgan fingerprint density at radius 1 is 1.24 bits per heavy atom. The summed E-state index contributed by atoms with van der Waals surface area (Å²) in [4.78, 5) is 4.58. The van der Waals surface area contributed by atoms with E-state index in [1.165, 1.54) is 12.1 Å². The van der Waals surface area contributed by atoms with E-state index in [0.29, 0.717) is 11.2 Å². The zero-order chi connectivity index (χ0) is 15.0. The van der Waals surface area contributed by atoms with Gasteiger partial charge in [-0.1, -0.05) is 22.9 Å². The van der Waals surface area contributed by atoms with Gasteiger partial charge in [0.1, 0.15) is 11.6 Å². The van der Waals surface area contributed by atoms with Crippen LogP contribution in [0, 0.1) is 5.82 Å². The number of nitrogen functional groups attached to an aromatic ring is 1. The molecule has 2 N–H and O–H groups in total. The van der Waals surface area contributed by atoms with Gasteiger partial charge in [0.05, 0.1) is 11.0 Å². The number of aromatic nitrogens is 2. The van der Waals surface area contributed by atoms with Crippen LogP contribution in [0.15, 0.2) is 40.9 Å². The molecular formula is C16H15BrFN3. The van der Waals surface area contributed by atoms with E-state index in [2.05, 4.69) is 32.4 Å². The maximum atomic E-state index is 13.4.